The van der Waals surface area contributed by atoms with E-state index in [1.54, 1.807) is 0 Å². The van der Waals surface area contributed by atoms with Crippen LogP contribution in [0.3, 0.4) is 0 Å². The minimum atomic E-state index is 0.0604. The van der Waals surface area contributed by atoms with Gasteiger partial charge in [-0.25, -0.2) is 0 Å². The molecule has 2 heterocycles. The molecule has 1 aliphatic rings. The summed E-state index contributed by atoms with van der Waals surface area (Å²) in [7, 11) is 1.92. The molecule has 84 valence electrons. The molecule has 1 aliphatic heterocycles. The average molecular weight is 227 g/mol. The highest BCUT2D eigenvalue weighted by Crippen LogP contribution is 2.45. The van der Waals surface area contributed by atoms with Crippen molar-refractivity contribution in [1.82, 2.24) is 15.5 Å². The molecule has 1 saturated heterocycles. The largest absolute Gasteiger partial charge is 0.424 e. The first-order valence-corrected chi connectivity index (χ1v) is 6.34. The topological polar surface area (TPSA) is 51.0 Å². The summed E-state index contributed by atoms with van der Waals surface area (Å²) < 4.78 is 5.75. The molecule has 0 aromatic carbocycles. The number of thioether (sulfide) groups is 1. The van der Waals surface area contributed by atoms with E-state index in [4.69, 9.17) is 4.42 Å². The lowest BCUT2D eigenvalue weighted by Gasteiger charge is -2.16. The number of hydrogen-bond acceptors (Lipinski definition) is 5. The zero-order valence-corrected chi connectivity index (χ0v) is 10.1. The Morgan fingerprint density at radius 3 is 3.07 bits per heavy atom. The van der Waals surface area contributed by atoms with E-state index in [2.05, 4.69) is 22.4 Å². The maximum atomic E-state index is 5.69. The average Bonchev–Trinajstić information content (AvgIpc) is 2.84. The lowest BCUT2D eigenvalue weighted by Crippen LogP contribution is -2.13. The van der Waals surface area contributed by atoms with Crippen LogP contribution in [0.5, 0.6) is 0 Å². The van der Waals surface area contributed by atoms with Crippen molar-refractivity contribution in [3.05, 3.63) is 11.8 Å². The summed E-state index contributed by atoms with van der Waals surface area (Å²) >= 11 is 1.92. The molecule has 1 N–H and O–H groups in total. The molecule has 1 atom stereocenters. The van der Waals surface area contributed by atoms with Crippen LogP contribution in [-0.2, 0) is 11.2 Å². The van der Waals surface area contributed by atoms with Gasteiger partial charge >= 0.3 is 0 Å². The molecule has 2 rings (SSSR count). The molecule has 0 saturated carbocycles. The van der Waals surface area contributed by atoms with E-state index >= 15 is 0 Å². The Morgan fingerprint density at radius 1 is 1.53 bits per heavy atom. The van der Waals surface area contributed by atoms with Gasteiger partial charge in [0.15, 0.2) is 0 Å². The molecule has 0 aliphatic carbocycles. The molecular weight excluding hydrogens is 210 g/mol. The smallest absolute Gasteiger partial charge is 0.232 e. The van der Waals surface area contributed by atoms with Gasteiger partial charge in [0.2, 0.25) is 11.8 Å². The van der Waals surface area contributed by atoms with Crippen molar-refractivity contribution in [2.24, 2.45) is 0 Å². The fraction of sp³-hybridized carbons (Fsp3) is 0.800. The number of hydrogen-bond donors (Lipinski definition) is 1. The second kappa shape index (κ2) is 4.53. The number of aromatic nitrogens is 2. The Balaban J connectivity index is 2.05. The third kappa shape index (κ3) is 2.34. The van der Waals surface area contributed by atoms with Crippen LogP contribution in [0.4, 0.5) is 0 Å². The van der Waals surface area contributed by atoms with Crippen molar-refractivity contribution in [2.45, 2.75) is 30.9 Å². The van der Waals surface area contributed by atoms with Gasteiger partial charge in [-0.3, -0.25) is 0 Å². The Hall–Kier alpha value is -0.550. The monoisotopic (exact) mass is 227 g/mol. The van der Waals surface area contributed by atoms with Gasteiger partial charge in [-0.05, 0) is 32.6 Å². The highest BCUT2D eigenvalue weighted by atomic mass is 32.2. The Kier molecular flexibility index (Phi) is 3.31. The van der Waals surface area contributed by atoms with Gasteiger partial charge in [-0.15, -0.1) is 22.0 Å². The van der Waals surface area contributed by atoms with Gasteiger partial charge in [0, 0.05) is 13.0 Å². The molecular formula is C10H17N3OS. The summed E-state index contributed by atoms with van der Waals surface area (Å²) in [5.74, 6) is 2.74. The van der Waals surface area contributed by atoms with E-state index in [1.165, 1.54) is 12.2 Å². The van der Waals surface area contributed by atoms with Gasteiger partial charge in [0.25, 0.3) is 0 Å². The van der Waals surface area contributed by atoms with Gasteiger partial charge in [0.1, 0.15) is 0 Å². The maximum absolute atomic E-state index is 5.69. The van der Waals surface area contributed by atoms with E-state index in [9.17, 15) is 0 Å². The van der Waals surface area contributed by atoms with Crippen molar-refractivity contribution in [3.63, 3.8) is 0 Å². The molecule has 5 heteroatoms. The van der Waals surface area contributed by atoms with Crippen molar-refractivity contribution >= 4 is 11.8 Å². The first-order valence-electron chi connectivity index (χ1n) is 5.36. The minimum Gasteiger partial charge on any atom is -0.424 e. The van der Waals surface area contributed by atoms with Gasteiger partial charge in [-0.2, -0.15) is 0 Å². The van der Waals surface area contributed by atoms with Crippen LogP contribution in [0.25, 0.3) is 0 Å². The normalized spacial score (nSPS) is 26.0. The Morgan fingerprint density at radius 2 is 2.40 bits per heavy atom. The summed E-state index contributed by atoms with van der Waals surface area (Å²) in [6.07, 6.45) is 3.20. The molecule has 15 heavy (non-hydrogen) atoms. The second-order valence-electron chi connectivity index (χ2n) is 4.04. The number of nitrogens with one attached hydrogen (secondary N) is 1. The fourth-order valence-electron chi connectivity index (χ4n) is 1.75. The van der Waals surface area contributed by atoms with Gasteiger partial charge in [0.05, 0.1) is 4.75 Å². The van der Waals surface area contributed by atoms with Crippen LogP contribution < -0.4 is 5.32 Å². The van der Waals surface area contributed by atoms with Crippen LogP contribution in [0.1, 0.15) is 31.5 Å². The first kappa shape index (κ1) is 11.0. The predicted octanol–water partition coefficient (Wildman–Crippen LogP) is 1.57. The Bertz CT molecular complexity index is 320. The summed E-state index contributed by atoms with van der Waals surface area (Å²) in [6, 6.07) is 0. The van der Waals surface area contributed by atoms with E-state index in [1.807, 2.05) is 18.8 Å². The number of likely N-dealkylation sites (N-methyl/N-ethyl adjacent to an activating group) is 1. The van der Waals surface area contributed by atoms with Crippen LogP contribution in [0.15, 0.2) is 4.42 Å². The van der Waals surface area contributed by atoms with Crippen molar-refractivity contribution < 1.29 is 4.42 Å². The molecule has 0 radical (unpaired) electrons. The first-order chi connectivity index (χ1) is 7.24. The van der Waals surface area contributed by atoms with E-state index < -0.39 is 0 Å². The molecule has 1 fully saturated rings. The zero-order valence-electron chi connectivity index (χ0n) is 9.25. The quantitative estimate of drug-likeness (QED) is 0.846. The number of nitrogens with zero attached hydrogens (tertiary/aromatic N) is 2. The molecule has 1 unspecified atom stereocenters. The van der Waals surface area contributed by atoms with Gasteiger partial charge in [-0.1, -0.05) is 0 Å². The van der Waals surface area contributed by atoms with Gasteiger partial charge < -0.3 is 9.73 Å². The molecule has 0 amide bonds. The van der Waals surface area contributed by atoms with E-state index in [-0.39, 0.29) is 4.75 Å². The SMILES string of the molecule is CNCCc1nnc(C2(C)CCCS2)o1. The highest BCUT2D eigenvalue weighted by Gasteiger charge is 2.36. The van der Waals surface area contributed by atoms with E-state index in [0.717, 1.165) is 31.2 Å². The van der Waals surface area contributed by atoms with Crippen molar-refractivity contribution in [2.75, 3.05) is 19.3 Å². The van der Waals surface area contributed by atoms with Crippen LogP contribution >= 0.6 is 11.8 Å². The molecule has 4 nitrogen and oxygen atoms in total. The number of rotatable bonds is 4. The van der Waals surface area contributed by atoms with Crippen molar-refractivity contribution in [1.29, 1.82) is 0 Å². The van der Waals surface area contributed by atoms with E-state index in [0.29, 0.717) is 0 Å². The van der Waals surface area contributed by atoms with Crippen LogP contribution in [-0.4, -0.2) is 29.5 Å². The molecule has 0 bridgehead atoms. The fourth-order valence-corrected chi connectivity index (χ4v) is 2.98. The summed E-state index contributed by atoms with van der Waals surface area (Å²) in [5, 5.41) is 11.3. The standard InChI is InChI=1S/C10H17N3OS/c1-10(5-3-7-15-10)9-13-12-8(14-9)4-6-11-2/h11H,3-7H2,1-2H3. The molecule has 0 spiro atoms. The van der Waals surface area contributed by atoms with Crippen LogP contribution in [0.2, 0.25) is 0 Å². The minimum absolute atomic E-state index is 0.0604. The Labute approximate surface area is 94.2 Å². The highest BCUT2D eigenvalue weighted by molar-refractivity contribution is 8.00. The summed E-state index contributed by atoms with van der Waals surface area (Å²) in [6.45, 7) is 3.07. The van der Waals surface area contributed by atoms with Crippen LogP contribution in [0, 0.1) is 0 Å². The lowest BCUT2D eigenvalue weighted by atomic mass is 10.1. The lowest BCUT2D eigenvalue weighted by molar-refractivity contribution is 0.399. The van der Waals surface area contributed by atoms with Crippen molar-refractivity contribution in [3.8, 4) is 0 Å². The maximum Gasteiger partial charge on any atom is 0.232 e. The third-order valence-electron chi connectivity index (χ3n) is 2.73. The molecule has 1 aromatic heterocycles. The zero-order chi connectivity index (χ0) is 10.7. The second-order valence-corrected chi connectivity index (χ2v) is 5.64. The summed E-state index contributed by atoms with van der Waals surface area (Å²) in [5.41, 5.74) is 0. The third-order valence-corrected chi connectivity index (χ3v) is 4.24. The predicted molar refractivity (Wildman–Crippen MR) is 61.0 cm³/mol. The summed E-state index contributed by atoms with van der Waals surface area (Å²) in [4.78, 5) is 0. The molecule has 1 aromatic rings.